The number of amides is 2. The largest absolute Gasteiger partial charge is 0.336 e. The van der Waals surface area contributed by atoms with Crippen LogP contribution in [0.1, 0.15) is 34.3 Å². The van der Waals surface area contributed by atoms with Crippen molar-refractivity contribution in [2.75, 3.05) is 13.1 Å². The first kappa shape index (κ1) is 15.9. The molecule has 130 valence electrons. The number of aryl methyl sites for hydroxylation is 1. The highest BCUT2D eigenvalue weighted by Crippen LogP contribution is 2.24. The van der Waals surface area contributed by atoms with Crippen LogP contribution in [0, 0.1) is 6.92 Å². The van der Waals surface area contributed by atoms with Crippen LogP contribution in [-0.4, -0.2) is 50.5 Å². The lowest BCUT2D eigenvalue weighted by Gasteiger charge is -2.27. The molecule has 0 radical (unpaired) electrons. The van der Waals surface area contributed by atoms with Crippen LogP contribution in [-0.2, 0) is 17.9 Å². The van der Waals surface area contributed by atoms with Crippen LogP contribution in [0.3, 0.4) is 0 Å². The van der Waals surface area contributed by atoms with Crippen LogP contribution in [0.4, 0.5) is 0 Å². The van der Waals surface area contributed by atoms with Crippen molar-refractivity contribution < 1.29 is 9.59 Å². The summed E-state index contributed by atoms with van der Waals surface area (Å²) in [4.78, 5) is 28.8. The summed E-state index contributed by atoms with van der Waals surface area (Å²) in [6, 6.07) is 7.74. The van der Waals surface area contributed by atoms with E-state index in [0.717, 1.165) is 36.1 Å². The van der Waals surface area contributed by atoms with Gasteiger partial charge in [-0.25, -0.2) is 0 Å². The zero-order chi connectivity index (χ0) is 17.4. The number of aromatic nitrogens is 2. The van der Waals surface area contributed by atoms with E-state index in [1.165, 1.54) is 0 Å². The van der Waals surface area contributed by atoms with E-state index in [9.17, 15) is 9.59 Å². The van der Waals surface area contributed by atoms with E-state index < -0.39 is 0 Å². The summed E-state index contributed by atoms with van der Waals surface area (Å²) in [5.41, 5.74) is 2.85. The van der Waals surface area contributed by atoms with Crippen LogP contribution in [0.2, 0.25) is 0 Å². The molecule has 6 heteroatoms. The van der Waals surface area contributed by atoms with Gasteiger partial charge in [0.15, 0.2) is 0 Å². The molecular formula is C19H22N4O2. The van der Waals surface area contributed by atoms with E-state index in [4.69, 9.17) is 0 Å². The van der Waals surface area contributed by atoms with Crippen molar-refractivity contribution in [1.82, 2.24) is 19.6 Å². The summed E-state index contributed by atoms with van der Waals surface area (Å²) in [6.45, 7) is 4.17. The highest BCUT2D eigenvalue weighted by molar-refractivity contribution is 6.00. The Bertz CT molecular complexity index is 813. The molecule has 0 aliphatic carbocycles. The standard InChI is InChI=1S/C19H22N4O2/c1-14-9-20-22(10-14)12-16-6-4-8-23(16)18(24)13-21-11-15-5-2-3-7-17(15)19(21)25/h2-3,5,7,9-10,16H,4,6,8,11-13H2,1H3. The molecule has 2 aromatic rings. The zero-order valence-corrected chi connectivity index (χ0v) is 14.4. The van der Waals surface area contributed by atoms with Gasteiger partial charge in [0.2, 0.25) is 5.91 Å². The van der Waals surface area contributed by atoms with Gasteiger partial charge in [-0.15, -0.1) is 0 Å². The summed E-state index contributed by atoms with van der Waals surface area (Å²) in [5.74, 6) is -0.00469. The maximum absolute atomic E-state index is 12.8. The number of nitrogens with zero attached hydrogens (tertiary/aromatic N) is 4. The van der Waals surface area contributed by atoms with Crippen molar-refractivity contribution in [3.8, 4) is 0 Å². The Morgan fingerprint density at radius 2 is 2.16 bits per heavy atom. The van der Waals surface area contributed by atoms with Gasteiger partial charge < -0.3 is 9.80 Å². The molecule has 2 aliphatic rings. The third kappa shape index (κ3) is 3.04. The van der Waals surface area contributed by atoms with Crippen LogP contribution >= 0.6 is 0 Å². The summed E-state index contributed by atoms with van der Waals surface area (Å²) < 4.78 is 1.91. The van der Waals surface area contributed by atoms with E-state index >= 15 is 0 Å². The Balaban J connectivity index is 1.41. The smallest absolute Gasteiger partial charge is 0.254 e. The van der Waals surface area contributed by atoms with Gasteiger partial charge >= 0.3 is 0 Å². The van der Waals surface area contributed by atoms with Crippen LogP contribution in [0.25, 0.3) is 0 Å². The first-order chi connectivity index (χ1) is 12.1. The summed E-state index contributed by atoms with van der Waals surface area (Å²) in [6.07, 6.45) is 5.83. The van der Waals surface area contributed by atoms with Gasteiger partial charge in [-0.3, -0.25) is 14.3 Å². The molecule has 1 aromatic carbocycles. The van der Waals surface area contributed by atoms with Gasteiger partial charge in [-0.05, 0) is 37.0 Å². The Kier molecular flexibility index (Phi) is 4.03. The highest BCUT2D eigenvalue weighted by Gasteiger charge is 2.33. The SMILES string of the molecule is Cc1cnn(CC2CCCN2C(=O)CN2Cc3ccccc3C2=O)c1. The maximum atomic E-state index is 12.8. The zero-order valence-electron chi connectivity index (χ0n) is 14.4. The number of hydrogen-bond acceptors (Lipinski definition) is 3. The molecule has 0 bridgehead atoms. The summed E-state index contributed by atoms with van der Waals surface area (Å²) >= 11 is 0. The molecular weight excluding hydrogens is 316 g/mol. The first-order valence-electron chi connectivity index (χ1n) is 8.77. The molecule has 0 saturated carbocycles. The Hall–Kier alpha value is -2.63. The van der Waals surface area contributed by atoms with Gasteiger partial charge in [-0.1, -0.05) is 18.2 Å². The third-order valence-electron chi connectivity index (χ3n) is 5.08. The van der Waals surface area contributed by atoms with Gasteiger partial charge in [0, 0.05) is 24.8 Å². The van der Waals surface area contributed by atoms with Crippen molar-refractivity contribution in [2.45, 2.75) is 38.9 Å². The van der Waals surface area contributed by atoms with Crippen molar-refractivity contribution >= 4 is 11.8 Å². The van der Waals surface area contributed by atoms with E-state index in [2.05, 4.69) is 5.10 Å². The van der Waals surface area contributed by atoms with Gasteiger partial charge in [0.05, 0.1) is 18.8 Å². The number of likely N-dealkylation sites (tertiary alicyclic amines) is 1. The first-order valence-corrected chi connectivity index (χ1v) is 8.77. The summed E-state index contributed by atoms with van der Waals surface area (Å²) in [7, 11) is 0. The topological polar surface area (TPSA) is 58.4 Å². The fourth-order valence-corrected chi connectivity index (χ4v) is 3.83. The quantitative estimate of drug-likeness (QED) is 0.855. The van der Waals surface area contributed by atoms with E-state index in [-0.39, 0.29) is 24.4 Å². The van der Waals surface area contributed by atoms with E-state index in [0.29, 0.717) is 13.1 Å². The highest BCUT2D eigenvalue weighted by atomic mass is 16.2. The van der Waals surface area contributed by atoms with Crippen molar-refractivity contribution in [2.24, 2.45) is 0 Å². The Morgan fingerprint density at radius 1 is 1.32 bits per heavy atom. The predicted octanol–water partition coefficient (Wildman–Crippen LogP) is 1.84. The minimum absolute atomic E-state index is 0.0348. The number of carbonyl (C=O) groups is 2. The molecule has 1 atom stereocenters. The second-order valence-electron chi connectivity index (χ2n) is 6.94. The average molecular weight is 338 g/mol. The minimum atomic E-state index is -0.0394. The molecule has 2 aliphatic heterocycles. The van der Waals surface area contributed by atoms with Gasteiger partial charge in [0.25, 0.3) is 5.91 Å². The molecule has 0 spiro atoms. The van der Waals surface area contributed by atoms with Crippen LogP contribution < -0.4 is 0 Å². The third-order valence-corrected chi connectivity index (χ3v) is 5.08. The molecule has 25 heavy (non-hydrogen) atoms. The fraction of sp³-hybridized carbons (Fsp3) is 0.421. The van der Waals surface area contributed by atoms with Crippen molar-refractivity contribution in [3.63, 3.8) is 0 Å². The fourth-order valence-electron chi connectivity index (χ4n) is 3.83. The number of carbonyl (C=O) groups excluding carboxylic acids is 2. The van der Waals surface area contributed by atoms with E-state index in [1.54, 1.807) is 4.90 Å². The molecule has 3 heterocycles. The molecule has 0 N–H and O–H groups in total. The van der Waals surface area contributed by atoms with Crippen LogP contribution in [0.15, 0.2) is 36.7 Å². The lowest BCUT2D eigenvalue weighted by molar-refractivity contribution is -0.133. The second-order valence-corrected chi connectivity index (χ2v) is 6.94. The monoisotopic (exact) mass is 338 g/mol. The number of rotatable bonds is 4. The molecule has 4 rings (SSSR count). The van der Waals surface area contributed by atoms with Crippen molar-refractivity contribution in [1.29, 1.82) is 0 Å². The number of benzene rings is 1. The van der Waals surface area contributed by atoms with Gasteiger partial charge in [0.1, 0.15) is 6.54 Å². The second kappa shape index (κ2) is 6.35. The molecule has 1 unspecified atom stereocenters. The van der Waals surface area contributed by atoms with Crippen molar-refractivity contribution in [3.05, 3.63) is 53.3 Å². The van der Waals surface area contributed by atoms with E-state index in [1.807, 2.05) is 53.2 Å². The normalized spacial score (nSPS) is 19.6. The number of hydrogen-bond donors (Lipinski definition) is 0. The maximum Gasteiger partial charge on any atom is 0.254 e. The molecule has 1 saturated heterocycles. The summed E-state index contributed by atoms with van der Waals surface area (Å²) in [5, 5.41) is 4.33. The lowest BCUT2D eigenvalue weighted by Crippen LogP contribution is -2.44. The Labute approximate surface area is 147 Å². The molecule has 2 amide bonds. The molecule has 6 nitrogen and oxygen atoms in total. The Morgan fingerprint density at radius 3 is 2.92 bits per heavy atom. The number of fused-ring (bicyclic) bond motifs is 1. The lowest BCUT2D eigenvalue weighted by atomic mass is 10.1. The molecule has 1 fully saturated rings. The molecule has 1 aromatic heterocycles. The van der Waals surface area contributed by atoms with Crippen LogP contribution in [0.5, 0.6) is 0 Å². The minimum Gasteiger partial charge on any atom is -0.336 e. The van der Waals surface area contributed by atoms with Gasteiger partial charge in [-0.2, -0.15) is 5.10 Å². The average Bonchev–Trinajstić information content (AvgIpc) is 3.29. The predicted molar refractivity (Wildman–Crippen MR) is 92.9 cm³/mol.